The maximum Gasteiger partial charge on any atom is 0.387 e. The van der Waals surface area contributed by atoms with Gasteiger partial charge in [0.25, 0.3) is 5.91 Å². The Labute approximate surface area is 171 Å². The molecular weight excluding hydrogens is 399 g/mol. The van der Waals surface area contributed by atoms with Gasteiger partial charge in [-0.05, 0) is 48.0 Å². The van der Waals surface area contributed by atoms with E-state index >= 15 is 0 Å². The number of anilines is 1. The molecule has 0 heterocycles. The lowest BCUT2D eigenvalue weighted by atomic mass is 10.2. The zero-order valence-corrected chi connectivity index (χ0v) is 15.9. The molecule has 0 saturated carbocycles. The first-order chi connectivity index (χ1) is 14.4. The third kappa shape index (κ3) is 5.66. The third-order valence-electron chi connectivity index (χ3n) is 4.05. The van der Waals surface area contributed by atoms with Gasteiger partial charge in [0.1, 0.15) is 18.2 Å². The van der Waals surface area contributed by atoms with Gasteiger partial charge in [-0.2, -0.15) is 8.78 Å². The fraction of sp³-hybridized carbons (Fsp3) is 0.136. The SMILES string of the molecule is COc1ccc(NC(=O)c2cccc(OCc3ccc(F)cc3)c2)cc1OC(F)F. The van der Waals surface area contributed by atoms with Crippen LogP contribution in [0.1, 0.15) is 15.9 Å². The summed E-state index contributed by atoms with van der Waals surface area (Å²) in [6.07, 6.45) is 0. The Kier molecular flexibility index (Phi) is 6.79. The maximum atomic E-state index is 13.0. The lowest BCUT2D eigenvalue weighted by Gasteiger charge is -2.12. The number of nitrogens with one attached hydrogen (secondary N) is 1. The molecule has 3 aromatic carbocycles. The molecule has 156 valence electrons. The van der Waals surface area contributed by atoms with E-state index < -0.39 is 12.5 Å². The smallest absolute Gasteiger partial charge is 0.387 e. The Morgan fingerprint density at radius 1 is 1.00 bits per heavy atom. The van der Waals surface area contributed by atoms with Crippen LogP contribution < -0.4 is 19.5 Å². The van der Waals surface area contributed by atoms with Crippen molar-refractivity contribution in [2.75, 3.05) is 12.4 Å². The summed E-state index contributed by atoms with van der Waals surface area (Å²) in [4.78, 5) is 12.5. The molecule has 1 amide bonds. The molecule has 0 atom stereocenters. The van der Waals surface area contributed by atoms with Crippen LogP contribution in [-0.2, 0) is 6.61 Å². The van der Waals surface area contributed by atoms with E-state index in [2.05, 4.69) is 10.1 Å². The fourth-order valence-electron chi connectivity index (χ4n) is 2.62. The molecule has 0 aliphatic carbocycles. The number of amides is 1. The first kappa shape index (κ1) is 21.0. The molecule has 0 bridgehead atoms. The zero-order chi connectivity index (χ0) is 21.5. The van der Waals surface area contributed by atoms with Gasteiger partial charge in [0.05, 0.1) is 7.11 Å². The first-order valence-electron chi connectivity index (χ1n) is 8.86. The van der Waals surface area contributed by atoms with Crippen LogP contribution in [0.2, 0.25) is 0 Å². The van der Waals surface area contributed by atoms with E-state index in [1.165, 1.54) is 37.4 Å². The van der Waals surface area contributed by atoms with Gasteiger partial charge in [-0.3, -0.25) is 4.79 Å². The van der Waals surface area contributed by atoms with Crippen molar-refractivity contribution in [3.8, 4) is 17.2 Å². The molecule has 30 heavy (non-hydrogen) atoms. The van der Waals surface area contributed by atoms with E-state index in [-0.39, 0.29) is 29.6 Å². The van der Waals surface area contributed by atoms with Crippen molar-refractivity contribution in [3.63, 3.8) is 0 Å². The molecule has 3 aromatic rings. The van der Waals surface area contributed by atoms with Gasteiger partial charge in [0, 0.05) is 17.3 Å². The fourth-order valence-corrected chi connectivity index (χ4v) is 2.62. The summed E-state index contributed by atoms with van der Waals surface area (Å²) in [5.74, 6) is -0.428. The Morgan fingerprint density at radius 3 is 2.47 bits per heavy atom. The van der Waals surface area contributed by atoms with Crippen LogP contribution in [-0.4, -0.2) is 19.6 Å². The number of ether oxygens (including phenoxy) is 3. The molecule has 1 N–H and O–H groups in total. The minimum absolute atomic E-state index is 0.115. The van der Waals surface area contributed by atoms with Crippen LogP contribution in [0.4, 0.5) is 18.9 Å². The number of hydrogen-bond donors (Lipinski definition) is 1. The number of methoxy groups -OCH3 is 1. The van der Waals surface area contributed by atoms with Crippen molar-refractivity contribution in [3.05, 3.63) is 83.7 Å². The highest BCUT2D eigenvalue weighted by molar-refractivity contribution is 6.04. The van der Waals surface area contributed by atoms with Crippen molar-refractivity contribution < 1.29 is 32.2 Å². The summed E-state index contributed by atoms with van der Waals surface area (Å²) < 4.78 is 53.1. The van der Waals surface area contributed by atoms with Gasteiger partial charge in [-0.15, -0.1) is 0 Å². The molecule has 0 spiro atoms. The van der Waals surface area contributed by atoms with Gasteiger partial charge in [0.15, 0.2) is 11.5 Å². The summed E-state index contributed by atoms with van der Waals surface area (Å²) in [5.41, 5.74) is 1.34. The molecule has 0 saturated heterocycles. The molecule has 0 aliphatic heterocycles. The first-order valence-corrected chi connectivity index (χ1v) is 8.86. The lowest BCUT2D eigenvalue weighted by molar-refractivity contribution is -0.0511. The second-order valence-electron chi connectivity index (χ2n) is 6.14. The van der Waals surface area contributed by atoms with Gasteiger partial charge in [-0.1, -0.05) is 18.2 Å². The normalized spacial score (nSPS) is 10.6. The number of hydrogen-bond acceptors (Lipinski definition) is 4. The molecule has 0 fully saturated rings. The van der Waals surface area contributed by atoms with Crippen LogP contribution in [0.25, 0.3) is 0 Å². The molecule has 0 radical (unpaired) electrons. The topological polar surface area (TPSA) is 56.8 Å². The summed E-state index contributed by atoms with van der Waals surface area (Å²) in [5, 5.41) is 2.61. The van der Waals surface area contributed by atoms with Crippen LogP contribution >= 0.6 is 0 Å². The lowest BCUT2D eigenvalue weighted by Crippen LogP contribution is -2.12. The number of alkyl halides is 2. The summed E-state index contributed by atoms with van der Waals surface area (Å²) in [6, 6.07) is 16.5. The van der Waals surface area contributed by atoms with E-state index in [1.807, 2.05) is 0 Å². The highest BCUT2D eigenvalue weighted by Crippen LogP contribution is 2.31. The van der Waals surface area contributed by atoms with E-state index in [9.17, 15) is 18.0 Å². The number of rotatable bonds is 8. The molecule has 8 heteroatoms. The van der Waals surface area contributed by atoms with E-state index in [4.69, 9.17) is 9.47 Å². The Balaban J connectivity index is 1.68. The van der Waals surface area contributed by atoms with Crippen molar-refractivity contribution in [1.82, 2.24) is 0 Å². The van der Waals surface area contributed by atoms with E-state index in [0.717, 1.165) is 5.56 Å². The quantitative estimate of drug-likeness (QED) is 0.543. The molecule has 3 rings (SSSR count). The van der Waals surface area contributed by atoms with E-state index in [0.29, 0.717) is 11.3 Å². The number of carbonyl (C=O) groups is 1. The van der Waals surface area contributed by atoms with Gasteiger partial charge in [0.2, 0.25) is 0 Å². The molecule has 5 nitrogen and oxygen atoms in total. The highest BCUT2D eigenvalue weighted by atomic mass is 19.3. The van der Waals surface area contributed by atoms with Crippen LogP contribution in [0.5, 0.6) is 17.2 Å². The number of halogens is 3. The molecule has 0 aliphatic rings. The monoisotopic (exact) mass is 417 g/mol. The van der Waals surface area contributed by atoms with Crippen molar-refractivity contribution in [1.29, 1.82) is 0 Å². The van der Waals surface area contributed by atoms with Crippen molar-refractivity contribution in [2.24, 2.45) is 0 Å². The number of benzene rings is 3. The largest absolute Gasteiger partial charge is 0.493 e. The maximum absolute atomic E-state index is 13.0. The predicted octanol–water partition coefficient (Wildman–Crippen LogP) is 5.27. The van der Waals surface area contributed by atoms with Crippen LogP contribution in [0.15, 0.2) is 66.7 Å². The average molecular weight is 417 g/mol. The third-order valence-corrected chi connectivity index (χ3v) is 4.05. The summed E-state index contributed by atoms with van der Waals surface area (Å²) in [7, 11) is 1.32. The molecular formula is C22H18F3NO4. The molecule has 0 unspecified atom stereocenters. The average Bonchev–Trinajstić information content (AvgIpc) is 2.73. The molecule has 0 aromatic heterocycles. The van der Waals surface area contributed by atoms with E-state index in [1.54, 1.807) is 36.4 Å². The number of carbonyl (C=O) groups excluding carboxylic acids is 1. The van der Waals surface area contributed by atoms with Gasteiger partial charge >= 0.3 is 6.61 Å². The predicted molar refractivity (Wildman–Crippen MR) is 105 cm³/mol. The van der Waals surface area contributed by atoms with Crippen molar-refractivity contribution in [2.45, 2.75) is 13.2 Å². The van der Waals surface area contributed by atoms with Gasteiger partial charge < -0.3 is 19.5 Å². The zero-order valence-electron chi connectivity index (χ0n) is 15.9. The Morgan fingerprint density at radius 2 is 1.77 bits per heavy atom. The Hall–Kier alpha value is -3.68. The second-order valence-corrected chi connectivity index (χ2v) is 6.14. The van der Waals surface area contributed by atoms with Crippen LogP contribution in [0, 0.1) is 5.82 Å². The minimum Gasteiger partial charge on any atom is -0.493 e. The second kappa shape index (κ2) is 9.69. The summed E-state index contributed by atoms with van der Waals surface area (Å²) >= 11 is 0. The van der Waals surface area contributed by atoms with Crippen molar-refractivity contribution >= 4 is 11.6 Å². The summed E-state index contributed by atoms with van der Waals surface area (Å²) in [6.45, 7) is -2.82. The highest BCUT2D eigenvalue weighted by Gasteiger charge is 2.13. The Bertz CT molecular complexity index is 1010. The standard InChI is InChI=1S/C22H18F3NO4/c1-28-19-10-9-17(12-20(19)30-22(24)25)26-21(27)15-3-2-4-18(11-15)29-13-14-5-7-16(23)8-6-14/h2-12,22H,13H2,1H3,(H,26,27). The minimum atomic E-state index is -3.03. The van der Waals surface area contributed by atoms with Gasteiger partial charge in [-0.25, -0.2) is 4.39 Å². The van der Waals surface area contributed by atoms with Crippen LogP contribution in [0.3, 0.4) is 0 Å².